The molecule has 2 saturated heterocycles. The van der Waals surface area contributed by atoms with Gasteiger partial charge in [-0.15, -0.1) is 0 Å². The zero-order chi connectivity index (χ0) is 19.2. The van der Waals surface area contributed by atoms with Crippen molar-refractivity contribution in [2.45, 2.75) is 6.54 Å². The molecule has 1 N–H and O–H groups in total. The van der Waals surface area contributed by atoms with E-state index in [1.165, 1.54) is 5.56 Å². The first-order chi connectivity index (χ1) is 13.8. The van der Waals surface area contributed by atoms with Crippen LogP contribution in [0.2, 0.25) is 0 Å². The number of ether oxygens (including phenoxy) is 3. The van der Waals surface area contributed by atoms with Gasteiger partial charge in [-0.25, -0.2) is 0 Å². The number of fused-ring (bicyclic) bond motifs is 1. The van der Waals surface area contributed by atoms with Crippen LogP contribution in [0.1, 0.15) is 5.56 Å². The molecule has 0 unspecified atom stereocenters. The van der Waals surface area contributed by atoms with E-state index in [2.05, 4.69) is 32.1 Å². The molecule has 8 heteroatoms. The van der Waals surface area contributed by atoms with E-state index in [-0.39, 0.29) is 5.91 Å². The number of piperazine rings is 1. The molecule has 0 saturated carbocycles. The second-order valence-electron chi connectivity index (χ2n) is 7.54. The van der Waals surface area contributed by atoms with Gasteiger partial charge in [0.2, 0.25) is 12.7 Å². The lowest BCUT2D eigenvalue weighted by Gasteiger charge is -2.34. The van der Waals surface area contributed by atoms with E-state index >= 15 is 0 Å². The minimum absolute atomic E-state index is 0.123. The quantitative estimate of drug-likeness (QED) is 0.702. The number of hydrogen-bond donors (Lipinski definition) is 1. The van der Waals surface area contributed by atoms with Crippen LogP contribution in [0.3, 0.4) is 0 Å². The summed E-state index contributed by atoms with van der Waals surface area (Å²) in [4.78, 5) is 19.2. The highest BCUT2D eigenvalue weighted by molar-refractivity contribution is 5.78. The van der Waals surface area contributed by atoms with Crippen molar-refractivity contribution in [2.24, 2.45) is 0 Å². The molecule has 4 rings (SSSR count). The van der Waals surface area contributed by atoms with Gasteiger partial charge in [-0.2, -0.15) is 0 Å². The Kier molecular flexibility index (Phi) is 6.64. The van der Waals surface area contributed by atoms with Crippen molar-refractivity contribution in [1.29, 1.82) is 0 Å². The van der Waals surface area contributed by atoms with Gasteiger partial charge in [0.15, 0.2) is 11.5 Å². The zero-order valence-electron chi connectivity index (χ0n) is 16.4. The summed E-state index contributed by atoms with van der Waals surface area (Å²) in [5, 5.41) is 3.05. The van der Waals surface area contributed by atoms with Gasteiger partial charge >= 0.3 is 0 Å². The Bertz CT molecular complexity index is 658. The van der Waals surface area contributed by atoms with Gasteiger partial charge in [0.25, 0.3) is 0 Å². The van der Waals surface area contributed by atoms with Crippen LogP contribution in [0.4, 0.5) is 0 Å². The number of rotatable bonds is 7. The fourth-order valence-corrected chi connectivity index (χ4v) is 3.84. The highest BCUT2D eigenvalue weighted by Gasteiger charge is 2.20. The van der Waals surface area contributed by atoms with Crippen molar-refractivity contribution in [3.05, 3.63) is 23.8 Å². The van der Waals surface area contributed by atoms with Crippen LogP contribution in [0.25, 0.3) is 0 Å². The number of carbonyl (C=O) groups is 1. The number of amides is 1. The number of hydrogen-bond acceptors (Lipinski definition) is 7. The molecule has 28 heavy (non-hydrogen) atoms. The minimum atomic E-state index is 0.123. The summed E-state index contributed by atoms with van der Waals surface area (Å²) in [7, 11) is 0. The molecule has 3 aliphatic heterocycles. The largest absolute Gasteiger partial charge is 0.454 e. The van der Waals surface area contributed by atoms with Crippen LogP contribution >= 0.6 is 0 Å². The second kappa shape index (κ2) is 9.56. The second-order valence-corrected chi connectivity index (χ2v) is 7.54. The van der Waals surface area contributed by atoms with Crippen LogP contribution in [0, 0.1) is 0 Å². The topological polar surface area (TPSA) is 66.5 Å². The molecule has 0 bridgehead atoms. The maximum Gasteiger partial charge on any atom is 0.234 e. The third-order valence-corrected chi connectivity index (χ3v) is 5.53. The Labute approximate surface area is 166 Å². The Morgan fingerprint density at radius 1 is 0.929 bits per heavy atom. The molecule has 3 heterocycles. The number of carbonyl (C=O) groups excluding carboxylic acids is 1. The average molecular weight is 390 g/mol. The SMILES string of the molecule is O=C(CN1CCN(Cc2ccc3c(c2)OCO3)CC1)NCCN1CCOCC1. The monoisotopic (exact) mass is 390 g/mol. The van der Waals surface area contributed by atoms with Gasteiger partial charge in [0, 0.05) is 58.9 Å². The molecule has 8 nitrogen and oxygen atoms in total. The molecular formula is C20H30N4O4. The normalized spacial score (nSPS) is 21.0. The maximum atomic E-state index is 12.2. The van der Waals surface area contributed by atoms with E-state index in [1.54, 1.807) is 0 Å². The predicted molar refractivity (Wildman–Crippen MR) is 105 cm³/mol. The van der Waals surface area contributed by atoms with Gasteiger partial charge in [-0.3, -0.25) is 19.5 Å². The Morgan fingerprint density at radius 3 is 2.50 bits per heavy atom. The first kappa shape index (κ1) is 19.4. The van der Waals surface area contributed by atoms with Gasteiger partial charge in [0.1, 0.15) is 0 Å². The lowest BCUT2D eigenvalue weighted by molar-refractivity contribution is -0.122. The molecule has 3 aliphatic rings. The summed E-state index contributed by atoms with van der Waals surface area (Å²) in [6.07, 6.45) is 0. The summed E-state index contributed by atoms with van der Waals surface area (Å²) in [5.41, 5.74) is 1.23. The van der Waals surface area contributed by atoms with Crippen LogP contribution in [0.15, 0.2) is 18.2 Å². The first-order valence-electron chi connectivity index (χ1n) is 10.2. The van der Waals surface area contributed by atoms with E-state index in [1.807, 2.05) is 6.07 Å². The molecule has 0 atom stereocenters. The van der Waals surface area contributed by atoms with Crippen LogP contribution in [0.5, 0.6) is 11.5 Å². The summed E-state index contributed by atoms with van der Waals surface area (Å²) >= 11 is 0. The van der Waals surface area contributed by atoms with Crippen molar-refractivity contribution in [1.82, 2.24) is 20.0 Å². The number of nitrogens with one attached hydrogen (secondary N) is 1. The first-order valence-corrected chi connectivity index (χ1v) is 10.2. The van der Waals surface area contributed by atoms with Gasteiger partial charge in [-0.05, 0) is 17.7 Å². The van der Waals surface area contributed by atoms with Crippen LogP contribution in [-0.4, -0.2) is 99.5 Å². The van der Waals surface area contributed by atoms with E-state index in [0.717, 1.165) is 77.1 Å². The summed E-state index contributed by atoms with van der Waals surface area (Å²) in [5.74, 6) is 1.79. The fourth-order valence-electron chi connectivity index (χ4n) is 3.84. The lowest BCUT2D eigenvalue weighted by atomic mass is 10.1. The predicted octanol–water partition coefficient (Wildman–Crippen LogP) is -0.0187. The van der Waals surface area contributed by atoms with Gasteiger partial charge in [0.05, 0.1) is 19.8 Å². The van der Waals surface area contributed by atoms with E-state index in [0.29, 0.717) is 19.9 Å². The molecule has 2 fully saturated rings. The smallest absolute Gasteiger partial charge is 0.234 e. The number of morpholine rings is 1. The highest BCUT2D eigenvalue weighted by atomic mass is 16.7. The molecule has 0 spiro atoms. The van der Waals surface area contributed by atoms with Crippen molar-refractivity contribution in [3.63, 3.8) is 0 Å². The van der Waals surface area contributed by atoms with E-state index in [9.17, 15) is 4.79 Å². The third-order valence-electron chi connectivity index (χ3n) is 5.53. The Morgan fingerprint density at radius 2 is 1.68 bits per heavy atom. The van der Waals surface area contributed by atoms with Crippen molar-refractivity contribution < 1.29 is 19.0 Å². The molecule has 0 radical (unpaired) electrons. The zero-order valence-corrected chi connectivity index (χ0v) is 16.4. The molecule has 154 valence electrons. The minimum Gasteiger partial charge on any atom is -0.454 e. The molecule has 0 aliphatic carbocycles. The summed E-state index contributed by atoms with van der Waals surface area (Å²) in [6.45, 7) is 10.6. The molecule has 1 amide bonds. The van der Waals surface area contributed by atoms with E-state index < -0.39 is 0 Å². The van der Waals surface area contributed by atoms with Crippen LogP contribution < -0.4 is 14.8 Å². The average Bonchev–Trinajstić information content (AvgIpc) is 3.18. The number of nitrogens with zero attached hydrogens (tertiary/aromatic N) is 3. The van der Waals surface area contributed by atoms with Gasteiger partial charge in [-0.1, -0.05) is 6.07 Å². The third kappa shape index (κ3) is 5.35. The molecule has 0 aromatic heterocycles. The maximum absolute atomic E-state index is 12.2. The number of benzene rings is 1. The summed E-state index contributed by atoms with van der Waals surface area (Å²) in [6, 6.07) is 6.15. The van der Waals surface area contributed by atoms with Crippen molar-refractivity contribution in [3.8, 4) is 11.5 Å². The Balaban J connectivity index is 1.12. The molecular weight excluding hydrogens is 360 g/mol. The molecule has 1 aromatic rings. The van der Waals surface area contributed by atoms with E-state index in [4.69, 9.17) is 14.2 Å². The van der Waals surface area contributed by atoms with Crippen LogP contribution in [-0.2, 0) is 16.1 Å². The van der Waals surface area contributed by atoms with Crippen molar-refractivity contribution >= 4 is 5.91 Å². The summed E-state index contributed by atoms with van der Waals surface area (Å²) < 4.78 is 16.2. The van der Waals surface area contributed by atoms with Gasteiger partial charge < -0.3 is 19.5 Å². The fraction of sp³-hybridized carbons (Fsp3) is 0.650. The molecule has 1 aromatic carbocycles. The Hall–Kier alpha value is -1.87. The standard InChI is InChI=1S/C20H30N4O4/c25-20(21-3-4-22-9-11-26-12-10-22)15-24-7-5-23(6-8-24)14-17-1-2-18-19(13-17)28-16-27-18/h1-2,13H,3-12,14-16H2,(H,21,25). The lowest BCUT2D eigenvalue weighted by Crippen LogP contribution is -2.49. The highest BCUT2D eigenvalue weighted by Crippen LogP contribution is 2.32. The van der Waals surface area contributed by atoms with Crippen molar-refractivity contribution in [2.75, 3.05) is 78.9 Å².